The summed E-state index contributed by atoms with van der Waals surface area (Å²) in [6.45, 7) is 10.2. The lowest BCUT2D eigenvalue weighted by Gasteiger charge is -2.47. The number of hydrogen-bond acceptors (Lipinski definition) is 4. The Balaban J connectivity index is 0.000000861. The Kier molecular flexibility index (Phi) is 5.40. The van der Waals surface area contributed by atoms with E-state index in [1.54, 1.807) is 0 Å². The van der Waals surface area contributed by atoms with Gasteiger partial charge in [0.25, 0.3) is 0 Å². The minimum Gasteiger partial charge on any atom is -0.284 e. The zero-order chi connectivity index (χ0) is 14.7. The molecule has 0 radical (unpaired) electrons. The second-order valence-corrected chi connectivity index (χ2v) is 7.81. The van der Waals surface area contributed by atoms with Gasteiger partial charge in [0.1, 0.15) is 5.54 Å². The van der Waals surface area contributed by atoms with Gasteiger partial charge in [-0.15, -0.1) is 0 Å². The summed E-state index contributed by atoms with van der Waals surface area (Å²) in [5, 5.41) is 9.24. The minimum atomic E-state index is -2.94. The smallest absolute Gasteiger partial charge is 0.156 e. The molecule has 4 nitrogen and oxygen atoms in total. The molecule has 0 unspecified atom stereocenters. The first kappa shape index (κ1) is 16.5. The van der Waals surface area contributed by atoms with Crippen molar-refractivity contribution in [1.82, 2.24) is 4.90 Å². The summed E-state index contributed by atoms with van der Waals surface area (Å²) in [5.41, 5.74) is -0.708. The van der Waals surface area contributed by atoms with Crippen molar-refractivity contribution < 1.29 is 8.42 Å². The zero-order valence-corrected chi connectivity index (χ0v) is 13.3. The highest BCUT2D eigenvalue weighted by atomic mass is 32.2. The fraction of sp³-hybridized carbons (Fsp3) is 0.929. The van der Waals surface area contributed by atoms with Gasteiger partial charge in [-0.05, 0) is 37.8 Å². The van der Waals surface area contributed by atoms with E-state index < -0.39 is 15.4 Å². The molecule has 2 aliphatic heterocycles. The number of sulfone groups is 1. The van der Waals surface area contributed by atoms with Gasteiger partial charge in [-0.3, -0.25) is 4.90 Å². The van der Waals surface area contributed by atoms with Crippen LogP contribution in [-0.2, 0) is 9.84 Å². The molecule has 0 atom stereocenters. The summed E-state index contributed by atoms with van der Waals surface area (Å²) < 4.78 is 22.6. The maximum atomic E-state index is 11.3. The van der Waals surface area contributed by atoms with E-state index in [0.717, 1.165) is 31.8 Å². The van der Waals surface area contributed by atoms with Crippen LogP contribution < -0.4 is 0 Å². The largest absolute Gasteiger partial charge is 0.284 e. The minimum absolute atomic E-state index is 0.0306. The summed E-state index contributed by atoms with van der Waals surface area (Å²) in [6.07, 6.45) is 2.17. The van der Waals surface area contributed by atoms with Gasteiger partial charge in [0.05, 0.1) is 17.6 Å². The molecule has 2 saturated heterocycles. The fourth-order valence-electron chi connectivity index (χ4n) is 3.00. The van der Waals surface area contributed by atoms with Gasteiger partial charge < -0.3 is 0 Å². The van der Waals surface area contributed by atoms with E-state index in [-0.39, 0.29) is 11.5 Å². The van der Waals surface area contributed by atoms with Crippen LogP contribution >= 0.6 is 0 Å². The molecule has 110 valence electrons. The van der Waals surface area contributed by atoms with Crippen LogP contribution in [0.3, 0.4) is 0 Å². The predicted molar refractivity (Wildman–Crippen MR) is 77.5 cm³/mol. The Hall–Kier alpha value is -0.600. The number of nitrogens with zero attached hydrogens (tertiary/aromatic N) is 2. The highest BCUT2D eigenvalue weighted by Gasteiger charge is 2.53. The monoisotopic (exact) mass is 286 g/mol. The van der Waals surface area contributed by atoms with Crippen LogP contribution in [0.5, 0.6) is 0 Å². The number of nitriles is 1. The predicted octanol–water partition coefficient (Wildman–Crippen LogP) is 2.07. The summed E-state index contributed by atoms with van der Waals surface area (Å²) in [6, 6.07) is 2.23. The van der Waals surface area contributed by atoms with E-state index in [4.69, 9.17) is 0 Å². The van der Waals surface area contributed by atoms with Crippen LogP contribution in [0.1, 0.15) is 40.5 Å². The third-order valence-electron chi connectivity index (χ3n) is 4.21. The van der Waals surface area contributed by atoms with Crippen molar-refractivity contribution in [2.75, 3.05) is 24.6 Å². The number of rotatable bonds is 2. The van der Waals surface area contributed by atoms with Gasteiger partial charge in [-0.2, -0.15) is 5.26 Å². The van der Waals surface area contributed by atoms with Crippen LogP contribution in [0.15, 0.2) is 0 Å². The maximum absolute atomic E-state index is 11.3. The Bertz CT molecular complexity index is 417. The van der Waals surface area contributed by atoms with Crippen molar-refractivity contribution in [1.29, 1.82) is 5.26 Å². The molecule has 0 amide bonds. The Morgan fingerprint density at radius 1 is 1.21 bits per heavy atom. The van der Waals surface area contributed by atoms with Crippen molar-refractivity contribution in [3.8, 4) is 6.07 Å². The quantitative estimate of drug-likeness (QED) is 0.779. The lowest BCUT2D eigenvalue weighted by Crippen LogP contribution is -2.66. The third-order valence-corrected chi connectivity index (χ3v) is 6.05. The Labute approximate surface area is 117 Å². The molecule has 0 N–H and O–H groups in total. The molecular weight excluding hydrogens is 260 g/mol. The highest BCUT2D eigenvalue weighted by Crippen LogP contribution is 2.34. The zero-order valence-electron chi connectivity index (χ0n) is 12.5. The molecule has 19 heavy (non-hydrogen) atoms. The molecule has 2 aliphatic rings. The van der Waals surface area contributed by atoms with Gasteiger partial charge in [0, 0.05) is 0 Å². The second-order valence-electron chi connectivity index (χ2n) is 5.74. The highest BCUT2D eigenvalue weighted by molar-refractivity contribution is 7.93. The van der Waals surface area contributed by atoms with E-state index in [1.165, 1.54) is 0 Å². The molecule has 0 saturated carbocycles. The number of piperidine rings is 1. The molecule has 0 bridgehead atoms. The first-order valence-corrected chi connectivity index (χ1v) is 9.07. The van der Waals surface area contributed by atoms with Gasteiger partial charge in [-0.1, -0.05) is 27.7 Å². The molecule has 5 heteroatoms. The van der Waals surface area contributed by atoms with E-state index >= 15 is 0 Å². The van der Waals surface area contributed by atoms with Crippen LogP contribution in [0.2, 0.25) is 0 Å². The van der Waals surface area contributed by atoms with E-state index in [2.05, 4.69) is 24.8 Å². The molecule has 0 aromatic carbocycles. The number of hydrogen-bond donors (Lipinski definition) is 0. The molecule has 0 spiro atoms. The van der Waals surface area contributed by atoms with Gasteiger partial charge in [-0.25, -0.2) is 8.42 Å². The first-order chi connectivity index (χ1) is 8.88. The molecule has 2 fully saturated rings. The van der Waals surface area contributed by atoms with Crippen LogP contribution in [0.25, 0.3) is 0 Å². The Morgan fingerprint density at radius 3 is 2.00 bits per heavy atom. The lowest BCUT2D eigenvalue weighted by atomic mass is 9.85. The van der Waals surface area contributed by atoms with Crippen molar-refractivity contribution in [2.45, 2.75) is 46.1 Å². The van der Waals surface area contributed by atoms with Gasteiger partial charge in [0.2, 0.25) is 0 Å². The van der Waals surface area contributed by atoms with Crippen LogP contribution in [0, 0.1) is 23.2 Å². The van der Waals surface area contributed by atoms with E-state index in [9.17, 15) is 13.7 Å². The molecule has 2 rings (SSSR count). The van der Waals surface area contributed by atoms with Crippen LogP contribution in [-0.4, -0.2) is 43.5 Å². The van der Waals surface area contributed by atoms with Crippen molar-refractivity contribution in [3.05, 3.63) is 0 Å². The van der Waals surface area contributed by atoms with Gasteiger partial charge in [0.15, 0.2) is 9.84 Å². The van der Waals surface area contributed by atoms with Gasteiger partial charge >= 0.3 is 0 Å². The molecule has 0 aromatic rings. The van der Waals surface area contributed by atoms with Crippen molar-refractivity contribution >= 4 is 9.84 Å². The van der Waals surface area contributed by atoms with Crippen LogP contribution in [0.4, 0.5) is 0 Å². The molecular formula is C14H26N2O2S. The van der Waals surface area contributed by atoms with Crippen molar-refractivity contribution in [2.24, 2.45) is 11.8 Å². The number of likely N-dealkylation sites (tertiary alicyclic amines) is 1. The average Bonchev–Trinajstić information content (AvgIpc) is 2.38. The van der Waals surface area contributed by atoms with E-state index in [1.807, 2.05) is 13.8 Å². The molecule has 0 aliphatic carbocycles. The molecule has 0 aromatic heterocycles. The lowest BCUT2D eigenvalue weighted by molar-refractivity contribution is 0.0911. The first-order valence-electron chi connectivity index (χ1n) is 7.25. The van der Waals surface area contributed by atoms with Crippen molar-refractivity contribution in [3.63, 3.8) is 0 Å². The van der Waals surface area contributed by atoms with E-state index in [0.29, 0.717) is 5.92 Å². The summed E-state index contributed by atoms with van der Waals surface area (Å²) in [7, 11) is -2.94. The SMILES string of the molecule is CC.CC(C)C1CCN(C2(C#N)CS(=O)(=O)C2)CC1. The summed E-state index contributed by atoms with van der Waals surface area (Å²) in [5.74, 6) is 1.46. The average molecular weight is 286 g/mol. The topological polar surface area (TPSA) is 61.2 Å². The second kappa shape index (κ2) is 6.23. The fourth-order valence-corrected chi connectivity index (χ4v) is 4.86. The summed E-state index contributed by atoms with van der Waals surface area (Å²) in [4.78, 5) is 2.09. The standard InChI is InChI=1S/C12H20N2O2S.C2H6/c1-10(2)11-3-5-14(6-4-11)12(7-13)8-17(15,16)9-12;1-2/h10-11H,3-6,8-9H2,1-2H3;1-2H3. The normalized spacial score (nSPS) is 25.9. The Morgan fingerprint density at radius 2 is 1.68 bits per heavy atom. The maximum Gasteiger partial charge on any atom is 0.156 e. The third kappa shape index (κ3) is 3.49. The molecule has 2 heterocycles. The summed E-state index contributed by atoms with van der Waals surface area (Å²) >= 11 is 0.